The highest BCUT2D eigenvalue weighted by molar-refractivity contribution is 5.86. The predicted octanol–water partition coefficient (Wildman–Crippen LogP) is 9.70. The second kappa shape index (κ2) is 15.4. The van der Waals surface area contributed by atoms with Gasteiger partial charge >= 0.3 is 6.09 Å². The summed E-state index contributed by atoms with van der Waals surface area (Å²) in [7, 11) is 0. The fraction of sp³-hybridized carbons (Fsp3) is 0.810. The summed E-state index contributed by atoms with van der Waals surface area (Å²) >= 11 is 0. The first-order valence-electron chi connectivity index (χ1n) is 19.6. The predicted molar refractivity (Wildman–Crippen MR) is 194 cm³/mol. The summed E-state index contributed by atoms with van der Waals surface area (Å²) in [5.41, 5.74) is 1.26. The molecule has 48 heavy (non-hydrogen) atoms. The lowest BCUT2D eigenvalue weighted by Gasteiger charge is -2.61. The minimum Gasteiger partial charge on any atom is -0.444 e. The summed E-state index contributed by atoms with van der Waals surface area (Å²) in [4.78, 5) is 26.4. The third-order valence-corrected chi connectivity index (χ3v) is 13.6. The summed E-state index contributed by atoms with van der Waals surface area (Å²) in [5.74, 6) is 5.59. The van der Waals surface area contributed by atoms with E-state index in [-0.39, 0.29) is 18.6 Å². The molecule has 5 rings (SSSR count). The van der Waals surface area contributed by atoms with Gasteiger partial charge in [-0.3, -0.25) is 4.79 Å². The fourth-order valence-corrected chi connectivity index (χ4v) is 11.2. The van der Waals surface area contributed by atoms with Gasteiger partial charge in [0.2, 0.25) is 5.91 Å². The van der Waals surface area contributed by atoms with Gasteiger partial charge in [-0.2, -0.15) is 0 Å². The molecule has 6 heteroatoms. The van der Waals surface area contributed by atoms with Crippen LogP contribution in [0.1, 0.15) is 138 Å². The highest BCUT2D eigenvalue weighted by atomic mass is 16.6. The SMILES string of the molecule is CC(C)CCC[C@@H](C)[C@H]1CC[C@H]2[C@@H]3CCC4C[C@H](NC(=O)[C@@H](COCc5ccccc5)NC(=O)OC(C)(C)C)CC[C@]4(C)[C@H]3CC[C@]12C. The van der Waals surface area contributed by atoms with Crippen LogP contribution in [0.2, 0.25) is 0 Å². The third-order valence-electron chi connectivity index (χ3n) is 13.6. The van der Waals surface area contributed by atoms with Crippen molar-refractivity contribution in [1.82, 2.24) is 10.6 Å². The van der Waals surface area contributed by atoms with Crippen LogP contribution in [0, 0.1) is 52.3 Å². The highest BCUT2D eigenvalue weighted by Crippen LogP contribution is 2.68. The van der Waals surface area contributed by atoms with Gasteiger partial charge in [0.05, 0.1) is 13.2 Å². The molecule has 10 atom stereocenters. The van der Waals surface area contributed by atoms with E-state index in [0.29, 0.717) is 23.4 Å². The number of ether oxygens (including phenoxy) is 2. The summed E-state index contributed by atoms with van der Waals surface area (Å²) in [6, 6.07) is 9.22. The molecule has 4 saturated carbocycles. The lowest BCUT2D eigenvalue weighted by atomic mass is 9.44. The molecular formula is C42H68N2O4. The second-order valence-electron chi connectivity index (χ2n) is 18.4. The first kappa shape index (κ1) is 37.2. The van der Waals surface area contributed by atoms with Gasteiger partial charge in [-0.15, -0.1) is 0 Å². The third kappa shape index (κ3) is 8.61. The number of alkyl carbamates (subject to hydrolysis) is 1. The molecule has 1 unspecified atom stereocenters. The van der Waals surface area contributed by atoms with E-state index in [4.69, 9.17) is 9.47 Å². The van der Waals surface area contributed by atoms with Crippen molar-refractivity contribution < 1.29 is 19.1 Å². The highest BCUT2D eigenvalue weighted by Gasteiger charge is 2.60. The van der Waals surface area contributed by atoms with E-state index in [2.05, 4.69) is 45.3 Å². The van der Waals surface area contributed by atoms with Crippen LogP contribution in [0.3, 0.4) is 0 Å². The zero-order valence-corrected chi connectivity index (χ0v) is 31.6. The molecule has 4 aliphatic rings. The fourth-order valence-electron chi connectivity index (χ4n) is 11.2. The van der Waals surface area contributed by atoms with E-state index >= 15 is 0 Å². The largest absolute Gasteiger partial charge is 0.444 e. The maximum atomic E-state index is 13.7. The Balaban J connectivity index is 1.18. The lowest BCUT2D eigenvalue weighted by molar-refractivity contribution is -0.130. The normalized spacial score (nSPS) is 34.4. The van der Waals surface area contributed by atoms with Gasteiger partial charge in [0.1, 0.15) is 11.6 Å². The Morgan fingerprint density at radius 3 is 2.31 bits per heavy atom. The average Bonchev–Trinajstić information content (AvgIpc) is 3.37. The second-order valence-corrected chi connectivity index (χ2v) is 18.4. The van der Waals surface area contributed by atoms with Gasteiger partial charge in [-0.1, -0.05) is 84.2 Å². The molecule has 6 nitrogen and oxygen atoms in total. The van der Waals surface area contributed by atoms with E-state index < -0.39 is 17.7 Å². The van der Waals surface area contributed by atoms with E-state index in [1.165, 1.54) is 64.2 Å². The molecule has 0 radical (unpaired) electrons. The Hall–Kier alpha value is -2.08. The van der Waals surface area contributed by atoms with Gasteiger partial charge in [-0.25, -0.2) is 4.79 Å². The van der Waals surface area contributed by atoms with Crippen molar-refractivity contribution in [2.75, 3.05) is 6.61 Å². The smallest absolute Gasteiger partial charge is 0.408 e. The zero-order valence-electron chi connectivity index (χ0n) is 31.6. The first-order chi connectivity index (χ1) is 22.7. The molecule has 0 heterocycles. The monoisotopic (exact) mass is 665 g/mol. The number of nitrogens with one attached hydrogen (secondary N) is 2. The quantitative estimate of drug-likeness (QED) is 0.233. The Morgan fingerprint density at radius 1 is 0.896 bits per heavy atom. The maximum absolute atomic E-state index is 13.7. The minimum atomic E-state index is -0.813. The molecule has 4 fully saturated rings. The van der Waals surface area contributed by atoms with E-state index in [0.717, 1.165) is 53.9 Å². The Kier molecular flexibility index (Phi) is 12.0. The first-order valence-corrected chi connectivity index (χ1v) is 19.6. The minimum absolute atomic E-state index is 0.0923. The Bertz CT molecular complexity index is 1210. The van der Waals surface area contributed by atoms with Gasteiger partial charge in [-0.05, 0) is 136 Å². The molecule has 0 spiro atoms. The molecule has 0 saturated heterocycles. The molecular weight excluding hydrogens is 596 g/mol. The standard InChI is InChI=1S/C42H68N2O4/c1-28(2)13-12-14-29(3)34-19-20-35-33-18-17-31-25-32(21-23-41(31,7)36(33)22-24-42(34,35)8)43-38(45)37(44-39(46)48-40(4,5)6)27-47-26-30-15-10-9-11-16-30/h9-11,15-16,28-29,31-37H,12-14,17-27H2,1-8H3,(H,43,45)(H,44,46)/t29-,31?,32-,33+,34-,35+,36+,37-,41+,42-/m1/s1. The Morgan fingerprint density at radius 2 is 1.60 bits per heavy atom. The number of hydrogen-bond donors (Lipinski definition) is 2. The number of amides is 2. The van der Waals surface area contributed by atoms with Gasteiger partial charge in [0.25, 0.3) is 0 Å². The number of rotatable bonds is 12. The van der Waals surface area contributed by atoms with Crippen molar-refractivity contribution in [3.05, 3.63) is 35.9 Å². The van der Waals surface area contributed by atoms with Crippen molar-refractivity contribution in [2.45, 2.75) is 157 Å². The molecule has 1 aromatic rings. The van der Waals surface area contributed by atoms with Crippen LogP contribution < -0.4 is 10.6 Å². The van der Waals surface area contributed by atoms with Gasteiger partial charge in [0.15, 0.2) is 0 Å². The van der Waals surface area contributed by atoms with Gasteiger partial charge < -0.3 is 20.1 Å². The van der Waals surface area contributed by atoms with Crippen LogP contribution in [0.15, 0.2) is 30.3 Å². The summed E-state index contributed by atoms with van der Waals surface area (Å²) in [6.45, 7) is 18.6. The van der Waals surface area contributed by atoms with Crippen molar-refractivity contribution in [3.8, 4) is 0 Å². The summed E-state index contributed by atoms with van der Waals surface area (Å²) < 4.78 is 11.5. The average molecular weight is 665 g/mol. The molecule has 1 aromatic carbocycles. The molecule has 270 valence electrons. The van der Waals surface area contributed by atoms with E-state index in [1.54, 1.807) is 0 Å². The van der Waals surface area contributed by atoms with Crippen LogP contribution in [0.5, 0.6) is 0 Å². The maximum Gasteiger partial charge on any atom is 0.408 e. The van der Waals surface area contributed by atoms with Crippen molar-refractivity contribution >= 4 is 12.0 Å². The van der Waals surface area contributed by atoms with Crippen LogP contribution in [-0.2, 0) is 20.9 Å². The number of fused-ring (bicyclic) bond motifs is 5. The molecule has 0 aliphatic heterocycles. The van der Waals surface area contributed by atoms with Crippen molar-refractivity contribution in [3.63, 3.8) is 0 Å². The Labute approximate surface area is 292 Å². The van der Waals surface area contributed by atoms with Crippen LogP contribution >= 0.6 is 0 Å². The molecule has 2 N–H and O–H groups in total. The summed E-state index contributed by atoms with van der Waals surface area (Å²) in [5, 5.41) is 6.16. The lowest BCUT2D eigenvalue weighted by Crippen LogP contribution is -2.57. The molecule has 4 aliphatic carbocycles. The number of carbonyl (C=O) groups excluding carboxylic acids is 2. The zero-order chi connectivity index (χ0) is 34.7. The number of hydrogen-bond acceptors (Lipinski definition) is 4. The van der Waals surface area contributed by atoms with Crippen LogP contribution in [-0.4, -0.2) is 36.3 Å². The number of benzene rings is 1. The van der Waals surface area contributed by atoms with Crippen molar-refractivity contribution in [2.24, 2.45) is 52.3 Å². The van der Waals surface area contributed by atoms with E-state index in [9.17, 15) is 9.59 Å². The topological polar surface area (TPSA) is 76.7 Å². The molecule has 2 amide bonds. The van der Waals surface area contributed by atoms with Crippen LogP contribution in [0.25, 0.3) is 0 Å². The van der Waals surface area contributed by atoms with Crippen LogP contribution in [0.4, 0.5) is 4.79 Å². The number of carbonyl (C=O) groups is 2. The van der Waals surface area contributed by atoms with Crippen molar-refractivity contribution in [1.29, 1.82) is 0 Å². The van der Waals surface area contributed by atoms with E-state index in [1.807, 2.05) is 51.1 Å². The van der Waals surface area contributed by atoms with Gasteiger partial charge in [0, 0.05) is 6.04 Å². The molecule has 0 bridgehead atoms. The summed E-state index contributed by atoms with van der Waals surface area (Å²) in [6.07, 6.45) is 15.1. The molecule has 0 aromatic heterocycles.